The molecule has 0 heterocycles. The molecule has 0 unspecified atom stereocenters. The molecule has 0 aromatic rings. The van der Waals surface area contributed by atoms with Crippen molar-refractivity contribution in [3.8, 4) is 0 Å². The van der Waals surface area contributed by atoms with Gasteiger partial charge in [-0.25, -0.2) is 0 Å². The van der Waals surface area contributed by atoms with E-state index in [4.69, 9.17) is 5.11 Å². The summed E-state index contributed by atoms with van der Waals surface area (Å²) < 4.78 is 0.993. The number of hydrogen-bond donors (Lipinski definition) is 1. The van der Waals surface area contributed by atoms with E-state index < -0.39 is 0 Å². The molecule has 1 nitrogen and oxygen atoms in total. The molecule has 0 fully saturated rings. The Labute approximate surface area is 51.2 Å². The van der Waals surface area contributed by atoms with Crippen molar-refractivity contribution in [3.63, 3.8) is 0 Å². The Balaban J connectivity index is 3.22. The van der Waals surface area contributed by atoms with E-state index in [0.29, 0.717) is 0 Å². The van der Waals surface area contributed by atoms with Gasteiger partial charge in [-0.05, 0) is 29.5 Å². The lowest BCUT2D eigenvalue weighted by Crippen LogP contribution is -1.75. The molecule has 0 aromatic carbocycles. The summed E-state index contributed by atoms with van der Waals surface area (Å²) in [6.07, 6.45) is 1.88. The van der Waals surface area contributed by atoms with Crippen LogP contribution >= 0.6 is 22.6 Å². The molecule has 0 amide bonds. The zero-order valence-electron chi connectivity index (χ0n) is 3.61. The summed E-state index contributed by atoms with van der Waals surface area (Å²) in [7, 11) is 0. The highest BCUT2D eigenvalue weighted by Crippen LogP contribution is 2.00. The van der Waals surface area contributed by atoms with Crippen molar-refractivity contribution in [2.75, 3.05) is 6.61 Å². The van der Waals surface area contributed by atoms with Crippen LogP contribution in [0.1, 0.15) is 6.92 Å². The maximum absolute atomic E-state index is 8.26. The van der Waals surface area contributed by atoms with Crippen LogP contribution in [0.25, 0.3) is 0 Å². The van der Waals surface area contributed by atoms with Gasteiger partial charge in [0.15, 0.2) is 0 Å². The van der Waals surface area contributed by atoms with E-state index >= 15 is 0 Å². The smallest absolute Gasteiger partial charge is 0.0735 e. The summed E-state index contributed by atoms with van der Waals surface area (Å²) in [4.78, 5) is 0. The van der Waals surface area contributed by atoms with E-state index in [1.165, 1.54) is 0 Å². The van der Waals surface area contributed by atoms with Crippen molar-refractivity contribution in [3.05, 3.63) is 9.66 Å². The summed E-state index contributed by atoms with van der Waals surface area (Å²) >= 11 is 2.08. The van der Waals surface area contributed by atoms with Crippen LogP contribution in [0.2, 0.25) is 0 Å². The summed E-state index contributed by atoms with van der Waals surface area (Å²) in [5.74, 6) is 0. The molecule has 0 aliphatic carbocycles. The molecule has 6 heavy (non-hydrogen) atoms. The zero-order valence-corrected chi connectivity index (χ0v) is 5.77. The van der Waals surface area contributed by atoms with Gasteiger partial charge in [-0.3, -0.25) is 0 Å². The van der Waals surface area contributed by atoms with Gasteiger partial charge in [0.1, 0.15) is 0 Å². The standard InChI is InChI=1S/C4H7IO/c1-2-4(5)3-6/h2,6H,3H2,1H3/b4-2-. The number of halogens is 1. The molecule has 0 saturated heterocycles. The molecule has 0 radical (unpaired) electrons. The van der Waals surface area contributed by atoms with Gasteiger partial charge < -0.3 is 5.11 Å². The van der Waals surface area contributed by atoms with Gasteiger partial charge in [0.25, 0.3) is 0 Å². The fourth-order valence-corrected chi connectivity index (χ4v) is 0.0913. The van der Waals surface area contributed by atoms with E-state index in [-0.39, 0.29) is 6.61 Å². The first-order chi connectivity index (χ1) is 2.81. The Morgan fingerprint density at radius 1 is 2.00 bits per heavy atom. The van der Waals surface area contributed by atoms with E-state index in [1.807, 2.05) is 13.0 Å². The number of allylic oxidation sites excluding steroid dienone is 1. The Morgan fingerprint density at radius 2 is 2.50 bits per heavy atom. The number of aliphatic hydroxyl groups is 1. The summed E-state index contributed by atoms with van der Waals surface area (Å²) in [6, 6.07) is 0. The van der Waals surface area contributed by atoms with Gasteiger partial charge in [-0.2, -0.15) is 0 Å². The van der Waals surface area contributed by atoms with E-state index in [1.54, 1.807) is 0 Å². The van der Waals surface area contributed by atoms with Gasteiger partial charge >= 0.3 is 0 Å². The van der Waals surface area contributed by atoms with Gasteiger partial charge in [0.2, 0.25) is 0 Å². The van der Waals surface area contributed by atoms with Crippen molar-refractivity contribution in [2.24, 2.45) is 0 Å². The molecular formula is C4H7IO. The lowest BCUT2D eigenvalue weighted by Gasteiger charge is -1.82. The predicted molar refractivity (Wildman–Crippen MR) is 34.9 cm³/mol. The number of hydrogen-bond acceptors (Lipinski definition) is 1. The fourth-order valence-electron chi connectivity index (χ4n) is 0.0913. The minimum Gasteiger partial charge on any atom is -0.391 e. The van der Waals surface area contributed by atoms with Crippen LogP contribution in [0, 0.1) is 0 Å². The Morgan fingerprint density at radius 3 is 2.50 bits per heavy atom. The number of rotatable bonds is 1. The Hall–Kier alpha value is 0.430. The highest BCUT2D eigenvalue weighted by molar-refractivity contribution is 14.1. The van der Waals surface area contributed by atoms with Gasteiger partial charge in [0, 0.05) is 3.58 Å². The topological polar surface area (TPSA) is 20.2 Å². The molecule has 2 heteroatoms. The molecular weight excluding hydrogens is 191 g/mol. The molecule has 0 saturated carbocycles. The van der Waals surface area contributed by atoms with Crippen molar-refractivity contribution in [1.29, 1.82) is 0 Å². The third-order valence-electron chi connectivity index (χ3n) is 0.464. The van der Waals surface area contributed by atoms with E-state index in [0.717, 1.165) is 3.58 Å². The zero-order chi connectivity index (χ0) is 4.99. The van der Waals surface area contributed by atoms with Crippen LogP contribution in [-0.2, 0) is 0 Å². The molecule has 0 bridgehead atoms. The maximum Gasteiger partial charge on any atom is 0.0735 e. The minimum absolute atomic E-state index is 0.178. The second-order valence-electron chi connectivity index (χ2n) is 0.894. The fraction of sp³-hybridized carbons (Fsp3) is 0.500. The lowest BCUT2D eigenvalue weighted by atomic mass is 10.6. The molecule has 1 N–H and O–H groups in total. The van der Waals surface area contributed by atoms with Gasteiger partial charge in [-0.1, -0.05) is 6.08 Å². The average Bonchev–Trinajstić information content (AvgIpc) is 1.65. The second-order valence-corrected chi connectivity index (χ2v) is 2.28. The highest BCUT2D eigenvalue weighted by atomic mass is 127. The molecule has 0 aliphatic heterocycles. The molecule has 0 aromatic heterocycles. The monoisotopic (exact) mass is 198 g/mol. The maximum atomic E-state index is 8.26. The quantitative estimate of drug-likeness (QED) is 0.630. The minimum atomic E-state index is 0.178. The van der Waals surface area contributed by atoms with Crippen LogP contribution in [0.15, 0.2) is 9.66 Å². The number of aliphatic hydroxyl groups excluding tert-OH is 1. The van der Waals surface area contributed by atoms with Crippen LogP contribution in [0.3, 0.4) is 0 Å². The van der Waals surface area contributed by atoms with Crippen LogP contribution in [0.5, 0.6) is 0 Å². The van der Waals surface area contributed by atoms with Crippen molar-refractivity contribution >= 4 is 22.6 Å². The first kappa shape index (κ1) is 6.43. The molecule has 36 valence electrons. The third-order valence-corrected chi connectivity index (χ3v) is 1.43. The third kappa shape index (κ3) is 2.66. The summed E-state index contributed by atoms with van der Waals surface area (Å²) in [6.45, 7) is 2.08. The Bertz CT molecular complexity index is 58.6. The van der Waals surface area contributed by atoms with Crippen LogP contribution in [-0.4, -0.2) is 11.7 Å². The molecule has 0 spiro atoms. The molecule has 0 atom stereocenters. The van der Waals surface area contributed by atoms with Crippen LogP contribution in [0.4, 0.5) is 0 Å². The first-order valence-electron chi connectivity index (χ1n) is 1.72. The second kappa shape index (κ2) is 3.61. The van der Waals surface area contributed by atoms with Crippen molar-refractivity contribution in [1.82, 2.24) is 0 Å². The molecule has 0 rings (SSSR count). The summed E-state index contributed by atoms with van der Waals surface area (Å²) in [5.41, 5.74) is 0. The predicted octanol–water partition coefficient (Wildman–Crippen LogP) is 1.32. The average molecular weight is 198 g/mol. The lowest BCUT2D eigenvalue weighted by molar-refractivity contribution is 0.341. The summed E-state index contributed by atoms with van der Waals surface area (Å²) in [5, 5.41) is 8.26. The van der Waals surface area contributed by atoms with Crippen molar-refractivity contribution < 1.29 is 5.11 Å². The first-order valence-corrected chi connectivity index (χ1v) is 2.80. The van der Waals surface area contributed by atoms with E-state index in [2.05, 4.69) is 22.6 Å². The van der Waals surface area contributed by atoms with Crippen LogP contribution < -0.4 is 0 Å². The van der Waals surface area contributed by atoms with Crippen molar-refractivity contribution in [2.45, 2.75) is 6.92 Å². The largest absolute Gasteiger partial charge is 0.391 e. The van der Waals surface area contributed by atoms with E-state index in [9.17, 15) is 0 Å². The highest BCUT2D eigenvalue weighted by Gasteiger charge is 1.77. The normalized spacial score (nSPS) is 12.2. The molecule has 0 aliphatic rings. The van der Waals surface area contributed by atoms with Gasteiger partial charge in [-0.15, -0.1) is 0 Å². The Kier molecular flexibility index (Phi) is 3.87. The SMILES string of the molecule is C/C=C(\I)CO. The van der Waals surface area contributed by atoms with Gasteiger partial charge in [0.05, 0.1) is 6.61 Å².